The summed E-state index contributed by atoms with van der Waals surface area (Å²) in [5.41, 5.74) is -1.78. The van der Waals surface area contributed by atoms with Gasteiger partial charge in [0.05, 0.1) is 59.7 Å². The van der Waals surface area contributed by atoms with Gasteiger partial charge in [-0.3, -0.25) is 14.6 Å². The highest BCUT2D eigenvalue weighted by Crippen LogP contribution is 2.38. The third-order valence-electron chi connectivity index (χ3n) is 6.00. The van der Waals surface area contributed by atoms with Gasteiger partial charge in [-0.15, -0.1) is 0 Å². The Bertz CT molecular complexity index is 1360. The number of halogens is 4. The van der Waals surface area contributed by atoms with Gasteiger partial charge < -0.3 is 25.4 Å². The Hall–Kier alpha value is -3.97. The number of hydrogen-bond acceptors (Lipinski definition) is 8. The van der Waals surface area contributed by atoms with E-state index < -0.39 is 29.1 Å². The van der Waals surface area contributed by atoms with Crippen LogP contribution in [-0.4, -0.2) is 52.6 Å². The van der Waals surface area contributed by atoms with E-state index in [2.05, 4.69) is 30.9 Å². The van der Waals surface area contributed by atoms with Gasteiger partial charge in [0.1, 0.15) is 17.1 Å². The molecule has 10 nitrogen and oxygen atoms in total. The van der Waals surface area contributed by atoms with Crippen molar-refractivity contribution < 1.29 is 32.2 Å². The van der Waals surface area contributed by atoms with E-state index in [1.165, 1.54) is 43.9 Å². The molecule has 3 N–H and O–H groups in total. The first kappa shape index (κ1) is 28.0. The van der Waals surface area contributed by atoms with Gasteiger partial charge in [0, 0.05) is 25.4 Å². The topological polar surface area (TPSA) is 127 Å². The molecule has 39 heavy (non-hydrogen) atoms. The number of rotatable bonds is 8. The van der Waals surface area contributed by atoms with E-state index in [1.54, 1.807) is 6.92 Å². The van der Waals surface area contributed by atoms with Crippen molar-refractivity contribution in [1.82, 2.24) is 25.6 Å². The van der Waals surface area contributed by atoms with E-state index in [1.807, 2.05) is 0 Å². The van der Waals surface area contributed by atoms with Crippen LogP contribution in [0.15, 0.2) is 42.9 Å². The summed E-state index contributed by atoms with van der Waals surface area (Å²) in [6, 6.07) is 4.91. The van der Waals surface area contributed by atoms with Crippen molar-refractivity contribution in [2.75, 3.05) is 25.6 Å². The van der Waals surface area contributed by atoms with Gasteiger partial charge in [-0.25, -0.2) is 9.97 Å². The molecule has 2 amide bonds. The summed E-state index contributed by atoms with van der Waals surface area (Å²) in [6.45, 7) is 1.81. The van der Waals surface area contributed by atoms with Crippen molar-refractivity contribution in [2.45, 2.75) is 31.6 Å². The van der Waals surface area contributed by atoms with Crippen molar-refractivity contribution in [2.24, 2.45) is 0 Å². The number of methoxy groups -OCH3 is 1. The molecule has 0 bridgehead atoms. The largest absolute Gasteiger partial charge is 0.497 e. The molecule has 3 heterocycles. The van der Waals surface area contributed by atoms with Crippen LogP contribution in [0.3, 0.4) is 0 Å². The fourth-order valence-corrected chi connectivity index (χ4v) is 4.08. The molecule has 1 aliphatic rings. The molecule has 4 rings (SSSR count). The lowest BCUT2D eigenvalue weighted by Gasteiger charge is -2.27. The molecular weight excluding hydrogens is 541 g/mol. The second-order valence-corrected chi connectivity index (χ2v) is 9.13. The van der Waals surface area contributed by atoms with Crippen molar-refractivity contribution in [1.29, 1.82) is 0 Å². The summed E-state index contributed by atoms with van der Waals surface area (Å²) in [6.07, 6.45) is -0.361. The van der Waals surface area contributed by atoms with E-state index in [9.17, 15) is 22.8 Å². The third-order valence-corrected chi connectivity index (χ3v) is 6.32. The first-order valence-corrected chi connectivity index (χ1v) is 12.0. The molecule has 3 aromatic rings. The normalized spacial score (nSPS) is 17.0. The lowest BCUT2D eigenvalue weighted by Crippen LogP contribution is -2.59. The number of pyridine rings is 1. The molecule has 206 valence electrons. The second-order valence-electron chi connectivity index (χ2n) is 8.73. The highest BCUT2D eigenvalue weighted by molar-refractivity contribution is 6.31. The molecule has 0 spiro atoms. The van der Waals surface area contributed by atoms with Gasteiger partial charge in [-0.2, -0.15) is 13.2 Å². The van der Waals surface area contributed by atoms with Crippen LogP contribution in [0.4, 0.5) is 24.5 Å². The summed E-state index contributed by atoms with van der Waals surface area (Å²) >= 11 is 6.32. The number of amides is 2. The standard InChI is InChI=1S/C25H24ClF3N6O4/c1-14-30-9-15(10-31-14)22(36)35-24(5-6-39-13-24)23(37)33-12-21-19(26)7-16(11-32-21)34-20-4-3-17(38-2)8-18(20)25(27,28)29/h3-4,7-11,34H,5-6,12-13H2,1-2H3,(H,33,37)(H,35,36). The van der Waals surface area contributed by atoms with Crippen LogP contribution in [0.5, 0.6) is 5.75 Å². The van der Waals surface area contributed by atoms with Crippen LogP contribution < -0.4 is 20.7 Å². The van der Waals surface area contributed by atoms with Crippen molar-refractivity contribution in [3.63, 3.8) is 0 Å². The maximum atomic E-state index is 13.5. The van der Waals surface area contributed by atoms with Gasteiger partial charge in [0.15, 0.2) is 0 Å². The van der Waals surface area contributed by atoms with Crippen molar-refractivity contribution >= 4 is 34.8 Å². The predicted octanol–water partition coefficient (Wildman–Crippen LogP) is 3.81. The SMILES string of the molecule is COc1ccc(Nc2cnc(CNC(=O)C3(NC(=O)c4cnc(C)nc4)CCOC3)c(Cl)c2)c(C(F)(F)F)c1. The van der Waals surface area contributed by atoms with Crippen LogP contribution in [0, 0.1) is 6.92 Å². The minimum Gasteiger partial charge on any atom is -0.497 e. The van der Waals surface area contributed by atoms with Gasteiger partial charge in [-0.05, 0) is 31.2 Å². The predicted molar refractivity (Wildman–Crippen MR) is 135 cm³/mol. The van der Waals surface area contributed by atoms with E-state index in [-0.39, 0.29) is 59.6 Å². The Kier molecular flexibility index (Phi) is 8.21. The molecule has 1 aliphatic heterocycles. The van der Waals surface area contributed by atoms with Gasteiger partial charge in [-0.1, -0.05) is 11.6 Å². The molecule has 0 aliphatic carbocycles. The zero-order valence-electron chi connectivity index (χ0n) is 20.9. The van der Waals surface area contributed by atoms with Crippen LogP contribution >= 0.6 is 11.6 Å². The average molecular weight is 565 g/mol. The van der Waals surface area contributed by atoms with E-state index in [4.69, 9.17) is 21.1 Å². The second kappa shape index (κ2) is 11.4. The average Bonchev–Trinajstić information content (AvgIpc) is 3.37. The maximum absolute atomic E-state index is 13.5. The third kappa shape index (κ3) is 6.55. The fourth-order valence-electron chi connectivity index (χ4n) is 3.85. The van der Waals surface area contributed by atoms with Crippen LogP contribution in [0.25, 0.3) is 0 Å². The van der Waals surface area contributed by atoms with Gasteiger partial charge in [0.2, 0.25) is 5.91 Å². The number of alkyl halides is 3. The molecule has 0 radical (unpaired) electrons. The van der Waals surface area contributed by atoms with Gasteiger partial charge >= 0.3 is 6.18 Å². The zero-order chi connectivity index (χ0) is 28.2. The fraction of sp³-hybridized carbons (Fsp3) is 0.320. The smallest absolute Gasteiger partial charge is 0.418 e. The van der Waals surface area contributed by atoms with E-state index >= 15 is 0 Å². The number of benzene rings is 1. The number of carbonyl (C=O) groups is 2. The molecule has 1 fully saturated rings. The number of carbonyl (C=O) groups excluding carboxylic acids is 2. The molecule has 1 saturated heterocycles. The first-order chi connectivity index (χ1) is 18.5. The highest BCUT2D eigenvalue weighted by atomic mass is 35.5. The number of nitrogens with one attached hydrogen (secondary N) is 3. The molecule has 14 heteroatoms. The van der Waals surface area contributed by atoms with Crippen molar-refractivity contribution in [3.05, 3.63) is 70.5 Å². The molecule has 1 unspecified atom stereocenters. The summed E-state index contributed by atoms with van der Waals surface area (Å²) in [7, 11) is 1.28. The number of hydrogen-bond donors (Lipinski definition) is 3. The molecule has 1 atom stereocenters. The molecule has 0 saturated carbocycles. The molecule has 1 aromatic carbocycles. The lowest BCUT2D eigenvalue weighted by molar-refractivity contribution is -0.137. The minimum absolute atomic E-state index is 0.0370. The Morgan fingerprint density at radius 2 is 1.90 bits per heavy atom. The first-order valence-electron chi connectivity index (χ1n) is 11.6. The van der Waals surface area contributed by atoms with Crippen LogP contribution in [-0.2, 0) is 22.3 Å². The van der Waals surface area contributed by atoms with Crippen molar-refractivity contribution in [3.8, 4) is 5.75 Å². The van der Waals surface area contributed by atoms with Gasteiger partial charge in [0.25, 0.3) is 5.91 Å². The molecular formula is C25H24ClF3N6O4. The highest BCUT2D eigenvalue weighted by Gasteiger charge is 2.44. The Morgan fingerprint density at radius 3 is 2.51 bits per heavy atom. The summed E-state index contributed by atoms with van der Waals surface area (Å²) < 4.78 is 50.8. The number of aryl methyl sites for hydroxylation is 1. The summed E-state index contributed by atoms with van der Waals surface area (Å²) in [4.78, 5) is 38.0. The minimum atomic E-state index is -4.62. The summed E-state index contributed by atoms with van der Waals surface area (Å²) in [5, 5.41) is 8.21. The molecule has 2 aromatic heterocycles. The lowest BCUT2D eigenvalue weighted by atomic mass is 9.96. The van der Waals surface area contributed by atoms with E-state index in [0.717, 1.165) is 6.07 Å². The van der Waals surface area contributed by atoms with Crippen LogP contribution in [0.1, 0.15) is 33.9 Å². The summed E-state index contributed by atoms with van der Waals surface area (Å²) in [5.74, 6) is -0.476. The van der Waals surface area contributed by atoms with Crippen LogP contribution in [0.2, 0.25) is 5.02 Å². The number of anilines is 2. The Labute approximate surface area is 226 Å². The number of aromatic nitrogens is 3. The monoisotopic (exact) mass is 564 g/mol. The Balaban J connectivity index is 1.44. The zero-order valence-corrected chi connectivity index (χ0v) is 21.6. The number of ether oxygens (including phenoxy) is 2. The quantitative estimate of drug-likeness (QED) is 0.377. The Morgan fingerprint density at radius 1 is 1.15 bits per heavy atom. The number of nitrogens with zero attached hydrogens (tertiary/aromatic N) is 3. The van der Waals surface area contributed by atoms with E-state index in [0.29, 0.717) is 5.82 Å². The maximum Gasteiger partial charge on any atom is 0.418 e.